The molecule has 0 spiro atoms. The first-order chi connectivity index (χ1) is 6.15. The lowest BCUT2D eigenvalue weighted by Crippen LogP contribution is -1.98. The van der Waals surface area contributed by atoms with Crippen molar-refractivity contribution in [3.05, 3.63) is 34.9 Å². The van der Waals surface area contributed by atoms with E-state index in [-0.39, 0.29) is 5.56 Å². The van der Waals surface area contributed by atoms with E-state index >= 15 is 0 Å². The third kappa shape index (κ3) is 2.05. The van der Waals surface area contributed by atoms with Crippen LogP contribution in [0.1, 0.15) is 21.5 Å². The lowest BCUT2D eigenvalue weighted by Gasteiger charge is -2.00. The highest BCUT2D eigenvalue weighted by Crippen LogP contribution is 2.08. The van der Waals surface area contributed by atoms with Gasteiger partial charge in [0.25, 0.3) is 0 Å². The molecule has 0 saturated carbocycles. The summed E-state index contributed by atoms with van der Waals surface area (Å²) in [6.45, 7) is 1.81. The van der Waals surface area contributed by atoms with E-state index in [1.807, 2.05) is 6.92 Å². The third-order valence-electron chi connectivity index (χ3n) is 1.73. The fourth-order valence-electron chi connectivity index (χ4n) is 1.03. The van der Waals surface area contributed by atoms with E-state index in [2.05, 4.69) is 5.10 Å². The third-order valence-corrected chi connectivity index (χ3v) is 1.73. The van der Waals surface area contributed by atoms with Crippen molar-refractivity contribution in [3.8, 4) is 0 Å². The van der Waals surface area contributed by atoms with Gasteiger partial charge in [0.2, 0.25) is 0 Å². The van der Waals surface area contributed by atoms with Crippen LogP contribution in [0.15, 0.2) is 23.3 Å². The minimum atomic E-state index is -0.931. The molecule has 1 aromatic carbocycles. The molecule has 0 atom stereocenters. The van der Waals surface area contributed by atoms with Crippen molar-refractivity contribution in [2.75, 3.05) is 0 Å². The molecule has 0 fully saturated rings. The van der Waals surface area contributed by atoms with Gasteiger partial charge in [0.15, 0.2) is 0 Å². The summed E-state index contributed by atoms with van der Waals surface area (Å²) in [5.41, 5.74) is 1.94. The SMILES string of the molecule is Cc1cc(C(=O)O)ccc1C=NN. The van der Waals surface area contributed by atoms with Crippen molar-refractivity contribution in [2.24, 2.45) is 10.9 Å². The summed E-state index contributed by atoms with van der Waals surface area (Å²) >= 11 is 0. The second kappa shape index (κ2) is 3.71. The Bertz CT molecular complexity index is 359. The number of nitrogens with two attached hydrogens (primary N) is 1. The summed E-state index contributed by atoms with van der Waals surface area (Å²) in [5, 5.41) is 12.0. The normalized spacial score (nSPS) is 10.5. The molecule has 4 nitrogen and oxygen atoms in total. The Balaban J connectivity index is 3.12. The van der Waals surface area contributed by atoms with Crippen LogP contribution in [0.25, 0.3) is 0 Å². The van der Waals surface area contributed by atoms with Gasteiger partial charge in [-0.3, -0.25) is 0 Å². The van der Waals surface area contributed by atoms with E-state index in [1.165, 1.54) is 12.3 Å². The zero-order valence-electron chi connectivity index (χ0n) is 7.19. The van der Waals surface area contributed by atoms with Gasteiger partial charge in [-0.2, -0.15) is 5.10 Å². The number of hydrazone groups is 1. The highest BCUT2D eigenvalue weighted by atomic mass is 16.4. The predicted octanol–water partition coefficient (Wildman–Crippen LogP) is 0.986. The van der Waals surface area contributed by atoms with E-state index in [0.29, 0.717) is 0 Å². The molecule has 1 aromatic rings. The molecular weight excluding hydrogens is 168 g/mol. The van der Waals surface area contributed by atoms with E-state index in [0.717, 1.165) is 11.1 Å². The molecule has 68 valence electrons. The number of aromatic carboxylic acids is 1. The van der Waals surface area contributed by atoms with Crippen molar-refractivity contribution in [2.45, 2.75) is 6.92 Å². The van der Waals surface area contributed by atoms with Crippen molar-refractivity contribution >= 4 is 12.2 Å². The summed E-state index contributed by atoms with van der Waals surface area (Å²) in [6.07, 6.45) is 1.49. The highest BCUT2D eigenvalue weighted by Gasteiger charge is 2.03. The van der Waals surface area contributed by atoms with Gasteiger partial charge in [0, 0.05) is 0 Å². The number of benzene rings is 1. The standard InChI is InChI=1S/C9H10N2O2/c1-6-4-7(9(12)13)2-3-8(6)5-11-10/h2-5H,10H2,1H3,(H,12,13). The summed E-state index contributed by atoms with van der Waals surface area (Å²) in [5.74, 6) is 4.05. The predicted molar refractivity (Wildman–Crippen MR) is 49.9 cm³/mol. The molecule has 0 aliphatic heterocycles. The Kier molecular flexibility index (Phi) is 2.64. The first-order valence-electron chi connectivity index (χ1n) is 3.72. The highest BCUT2D eigenvalue weighted by molar-refractivity contribution is 5.90. The Morgan fingerprint density at radius 1 is 1.62 bits per heavy atom. The average Bonchev–Trinajstić information content (AvgIpc) is 2.08. The van der Waals surface area contributed by atoms with Crippen molar-refractivity contribution in [1.82, 2.24) is 0 Å². The second-order valence-electron chi connectivity index (χ2n) is 2.65. The zero-order chi connectivity index (χ0) is 9.84. The Morgan fingerprint density at radius 3 is 2.77 bits per heavy atom. The molecule has 0 aromatic heterocycles. The van der Waals surface area contributed by atoms with Crippen LogP contribution in [0.3, 0.4) is 0 Å². The van der Waals surface area contributed by atoms with Gasteiger partial charge in [-0.05, 0) is 30.2 Å². The van der Waals surface area contributed by atoms with Crippen LogP contribution in [0.2, 0.25) is 0 Å². The molecule has 0 amide bonds. The maximum Gasteiger partial charge on any atom is 0.335 e. The smallest absolute Gasteiger partial charge is 0.335 e. The minimum absolute atomic E-state index is 0.270. The van der Waals surface area contributed by atoms with Crippen LogP contribution < -0.4 is 5.84 Å². The molecule has 3 N–H and O–H groups in total. The maximum atomic E-state index is 10.6. The summed E-state index contributed by atoms with van der Waals surface area (Å²) in [7, 11) is 0. The van der Waals surface area contributed by atoms with Gasteiger partial charge in [0.05, 0.1) is 11.8 Å². The molecule has 4 heteroatoms. The number of carboxylic acid groups (broad SMARTS) is 1. The van der Waals surface area contributed by atoms with Gasteiger partial charge in [-0.15, -0.1) is 0 Å². The number of aryl methyl sites for hydroxylation is 1. The number of carboxylic acids is 1. The Labute approximate surface area is 75.7 Å². The second-order valence-corrected chi connectivity index (χ2v) is 2.65. The fraction of sp³-hybridized carbons (Fsp3) is 0.111. The van der Waals surface area contributed by atoms with Crippen molar-refractivity contribution in [1.29, 1.82) is 0 Å². The Hall–Kier alpha value is -1.84. The van der Waals surface area contributed by atoms with Gasteiger partial charge < -0.3 is 10.9 Å². The van der Waals surface area contributed by atoms with E-state index in [4.69, 9.17) is 10.9 Å². The van der Waals surface area contributed by atoms with Gasteiger partial charge in [0.1, 0.15) is 0 Å². The quantitative estimate of drug-likeness (QED) is 0.402. The number of hydrogen-bond acceptors (Lipinski definition) is 3. The number of rotatable bonds is 2. The average molecular weight is 178 g/mol. The Morgan fingerprint density at radius 2 is 2.31 bits per heavy atom. The van der Waals surface area contributed by atoms with Crippen molar-refractivity contribution in [3.63, 3.8) is 0 Å². The number of hydrogen-bond donors (Lipinski definition) is 2. The summed E-state index contributed by atoms with van der Waals surface area (Å²) < 4.78 is 0. The summed E-state index contributed by atoms with van der Waals surface area (Å²) in [6, 6.07) is 4.78. The van der Waals surface area contributed by atoms with Crippen LogP contribution in [-0.2, 0) is 0 Å². The molecule has 0 aliphatic rings. The lowest BCUT2D eigenvalue weighted by atomic mass is 10.1. The van der Waals surface area contributed by atoms with Gasteiger partial charge in [-0.25, -0.2) is 4.79 Å². The monoisotopic (exact) mass is 178 g/mol. The topological polar surface area (TPSA) is 75.7 Å². The molecule has 0 saturated heterocycles. The van der Waals surface area contributed by atoms with Gasteiger partial charge >= 0.3 is 5.97 Å². The maximum absolute atomic E-state index is 10.6. The van der Waals surface area contributed by atoms with Crippen LogP contribution in [0.5, 0.6) is 0 Å². The molecule has 0 heterocycles. The minimum Gasteiger partial charge on any atom is -0.478 e. The fourth-order valence-corrected chi connectivity index (χ4v) is 1.03. The number of nitrogens with zero attached hydrogens (tertiary/aromatic N) is 1. The van der Waals surface area contributed by atoms with E-state index in [1.54, 1.807) is 12.1 Å². The van der Waals surface area contributed by atoms with Gasteiger partial charge in [-0.1, -0.05) is 6.07 Å². The van der Waals surface area contributed by atoms with Crippen LogP contribution in [0, 0.1) is 6.92 Å². The largest absolute Gasteiger partial charge is 0.478 e. The van der Waals surface area contributed by atoms with Crippen LogP contribution in [0.4, 0.5) is 0 Å². The first kappa shape index (κ1) is 9.25. The first-order valence-corrected chi connectivity index (χ1v) is 3.72. The molecule has 13 heavy (non-hydrogen) atoms. The van der Waals surface area contributed by atoms with Crippen LogP contribution in [-0.4, -0.2) is 17.3 Å². The molecular formula is C9H10N2O2. The van der Waals surface area contributed by atoms with E-state index < -0.39 is 5.97 Å². The van der Waals surface area contributed by atoms with Crippen molar-refractivity contribution < 1.29 is 9.90 Å². The van der Waals surface area contributed by atoms with E-state index in [9.17, 15) is 4.79 Å². The molecule has 0 bridgehead atoms. The lowest BCUT2D eigenvalue weighted by molar-refractivity contribution is 0.0697. The molecule has 0 unspecified atom stereocenters. The number of carbonyl (C=O) groups is 1. The summed E-state index contributed by atoms with van der Waals surface area (Å²) in [4.78, 5) is 10.6. The molecule has 0 aliphatic carbocycles. The zero-order valence-corrected chi connectivity index (χ0v) is 7.19. The van der Waals surface area contributed by atoms with Crippen LogP contribution >= 0.6 is 0 Å². The molecule has 1 rings (SSSR count). The molecule has 0 radical (unpaired) electrons.